The van der Waals surface area contributed by atoms with Crippen LogP contribution >= 0.6 is 0 Å². The third-order valence-corrected chi connectivity index (χ3v) is 3.58. The molecule has 0 heterocycles. The molecule has 0 fully saturated rings. The summed E-state index contributed by atoms with van der Waals surface area (Å²) in [6.45, 7) is 8.75. The summed E-state index contributed by atoms with van der Waals surface area (Å²) in [7, 11) is 1.26. The molecular weight excluding hydrogens is 314 g/mol. The highest BCUT2D eigenvalue weighted by Gasteiger charge is 2.31. The van der Waals surface area contributed by atoms with E-state index in [1.54, 1.807) is 13.8 Å². The predicted molar refractivity (Wildman–Crippen MR) is 89.8 cm³/mol. The first-order chi connectivity index (χ1) is 11.0. The Bertz CT molecular complexity index is 437. The Morgan fingerprint density at radius 1 is 1.04 bits per heavy atom. The first kappa shape index (κ1) is 22.3. The van der Waals surface area contributed by atoms with Gasteiger partial charge in [-0.2, -0.15) is 0 Å². The molecule has 0 saturated carbocycles. The summed E-state index contributed by atoms with van der Waals surface area (Å²) >= 11 is 0. The molecule has 0 aromatic carbocycles. The summed E-state index contributed by atoms with van der Waals surface area (Å²) in [5, 5.41) is 14.5. The Labute approximate surface area is 143 Å². The van der Waals surface area contributed by atoms with E-state index in [1.165, 1.54) is 14.0 Å². The largest absolute Gasteiger partial charge is 0.467 e. The van der Waals surface area contributed by atoms with Gasteiger partial charge in [-0.3, -0.25) is 9.59 Å². The number of esters is 1. The van der Waals surface area contributed by atoms with Crippen LogP contribution in [0.1, 0.15) is 41.0 Å². The third kappa shape index (κ3) is 7.27. The summed E-state index contributed by atoms with van der Waals surface area (Å²) in [6.07, 6.45) is -0.616. The van der Waals surface area contributed by atoms with Gasteiger partial charge in [-0.1, -0.05) is 27.7 Å². The lowest BCUT2D eigenvalue weighted by Gasteiger charge is -2.26. The molecule has 0 radical (unpaired) electrons. The van der Waals surface area contributed by atoms with Gasteiger partial charge in [0, 0.05) is 0 Å². The maximum Gasteiger partial charge on any atom is 0.328 e. The van der Waals surface area contributed by atoms with Crippen LogP contribution in [0.2, 0.25) is 0 Å². The molecular formula is C16H31N3O5. The van der Waals surface area contributed by atoms with Crippen LogP contribution in [0.3, 0.4) is 0 Å². The molecule has 0 rings (SSSR count). The van der Waals surface area contributed by atoms with Gasteiger partial charge < -0.3 is 26.2 Å². The predicted octanol–water partition coefficient (Wildman–Crippen LogP) is -0.461. The normalized spacial score (nSPS) is 16.2. The van der Waals surface area contributed by atoms with Gasteiger partial charge in [-0.25, -0.2) is 4.79 Å². The summed E-state index contributed by atoms with van der Waals surface area (Å²) in [4.78, 5) is 36.3. The van der Waals surface area contributed by atoms with Crippen molar-refractivity contribution < 1.29 is 24.2 Å². The molecule has 5 N–H and O–H groups in total. The van der Waals surface area contributed by atoms with Crippen molar-refractivity contribution in [1.29, 1.82) is 0 Å². The fourth-order valence-electron chi connectivity index (χ4n) is 2.09. The molecule has 0 saturated heterocycles. The minimum Gasteiger partial charge on any atom is -0.467 e. The first-order valence-electron chi connectivity index (χ1n) is 8.13. The van der Waals surface area contributed by atoms with Crippen LogP contribution in [0.4, 0.5) is 0 Å². The zero-order valence-electron chi connectivity index (χ0n) is 15.3. The number of aliphatic hydroxyl groups excluding tert-OH is 1. The quantitative estimate of drug-likeness (QED) is 0.418. The number of nitrogens with two attached hydrogens (primary N) is 1. The van der Waals surface area contributed by atoms with E-state index in [9.17, 15) is 19.5 Å². The minimum absolute atomic E-state index is 0.171. The highest BCUT2D eigenvalue weighted by atomic mass is 16.5. The van der Waals surface area contributed by atoms with Crippen molar-refractivity contribution >= 4 is 17.8 Å². The van der Waals surface area contributed by atoms with Crippen LogP contribution in [0.5, 0.6) is 0 Å². The van der Waals surface area contributed by atoms with E-state index < -0.39 is 42.0 Å². The number of ether oxygens (including phenoxy) is 1. The van der Waals surface area contributed by atoms with Crippen LogP contribution in [0.25, 0.3) is 0 Å². The monoisotopic (exact) mass is 345 g/mol. The number of methoxy groups -OCH3 is 1. The summed E-state index contributed by atoms with van der Waals surface area (Å²) < 4.78 is 4.71. The van der Waals surface area contributed by atoms with E-state index in [-0.39, 0.29) is 11.8 Å². The smallest absolute Gasteiger partial charge is 0.328 e. The average molecular weight is 345 g/mol. The van der Waals surface area contributed by atoms with Crippen LogP contribution < -0.4 is 16.4 Å². The number of rotatable bonds is 9. The Morgan fingerprint density at radius 3 is 1.96 bits per heavy atom. The van der Waals surface area contributed by atoms with Crippen molar-refractivity contribution in [3.05, 3.63) is 0 Å². The van der Waals surface area contributed by atoms with Gasteiger partial charge in [0.15, 0.2) is 0 Å². The molecule has 0 aliphatic heterocycles. The highest BCUT2D eigenvalue weighted by molar-refractivity contribution is 5.92. The molecule has 0 aliphatic carbocycles. The van der Waals surface area contributed by atoms with Crippen molar-refractivity contribution in [3.63, 3.8) is 0 Å². The number of amides is 2. The molecule has 4 atom stereocenters. The molecule has 8 heteroatoms. The summed E-state index contributed by atoms with van der Waals surface area (Å²) in [6, 6.07) is -2.79. The van der Waals surface area contributed by atoms with Gasteiger partial charge in [-0.05, 0) is 25.2 Å². The van der Waals surface area contributed by atoms with Gasteiger partial charge in [0.2, 0.25) is 11.8 Å². The lowest BCUT2D eigenvalue weighted by atomic mass is 10.00. The second-order valence-corrected chi connectivity index (χ2v) is 6.71. The molecule has 0 spiro atoms. The molecule has 8 nitrogen and oxygen atoms in total. The van der Waals surface area contributed by atoms with E-state index in [0.29, 0.717) is 6.42 Å². The molecule has 0 aromatic heterocycles. The molecule has 24 heavy (non-hydrogen) atoms. The Balaban J connectivity index is 5.07. The summed E-state index contributed by atoms with van der Waals surface area (Å²) in [5.41, 5.74) is 5.58. The highest BCUT2D eigenvalue weighted by Crippen LogP contribution is 2.09. The van der Waals surface area contributed by atoms with Crippen molar-refractivity contribution in [3.8, 4) is 0 Å². The number of carbonyl (C=O) groups is 3. The maximum atomic E-state index is 12.5. The summed E-state index contributed by atoms with van der Waals surface area (Å²) in [5.74, 6) is -1.71. The number of hydrogen-bond donors (Lipinski definition) is 4. The fraction of sp³-hybridized carbons (Fsp3) is 0.812. The van der Waals surface area contributed by atoms with Crippen LogP contribution in [0, 0.1) is 11.8 Å². The molecule has 0 bridgehead atoms. The fourth-order valence-corrected chi connectivity index (χ4v) is 2.09. The van der Waals surface area contributed by atoms with Crippen molar-refractivity contribution in [1.82, 2.24) is 10.6 Å². The van der Waals surface area contributed by atoms with Crippen molar-refractivity contribution in [2.45, 2.75) is 65.3 Å². The Kier molecular flexibility index (Phi) is 9.53. The Hall–Kier alpha value is -1.67. The van der Waals surface area contributed by atoms with Crippen LogP contribution in [-0.4, -0.2) is 54.2 Å². The van der Waals surface area contributed by atoms with Crippen LogP contribution in [0.15, 0.2) is 0 Å². The van der Waals surface area contributed by atoms with Gasteiger partial charge in [0.25, 0.3) is 0 Å². The second-order valence-electron chi connectivity index (χ2n) is 6.71. The van der Waals surface area contributed by atoms with Gasteiger partial charge in [0.05, 0.1) is 13.2 Å². The first-order valence-corrected chi connectivity index (χ1v) is 8.13. The minimum atomic E-state index is -1.13. The SMILES string of the molecule is COC(=O)C(CC(C)C)NC(=O)C(NC(=O)C(N)C(C)O)C(C)C. The van der Waals surface area contributed by atoms with E-state index >= 15 is 0 Å². The number of carbonyl (C=O) groups excluding carboxylic acids is 3. The second kappa shape index (κ2) is 10.2. The van der Waals surface area contributed by atoms with E-state index in [0.717, 1.165) is 0 Å². The topological polar surface area (TPSA) is 131 Å². The van der Waals surface area contributed by atoms with Crippen molar-refractivity contribution in [2.24, 2.45) is 17.6 Å². The van der Waals surface area contributed by atoms with E-state index in [1.807, 2.05) is 13.8 Å². The molecule has 140 valence electrons. The van der Waals surface area contributed by atoms with Gasteiger partial charge >= 0.3 is 5.97 Å². The Morgan fingerprint density at radius 2 is 1.58 bits per heavy atom. The average Bonchev–Trinajstić information content (AvgIpc) is 2.48. The third-order valence-electron chi connectivity index (χ3n) is 3.58. The molecule has 0 aromatic rings. The van der Waals surface area contributed by atoms with Gasteiger partial charge in [0.1, 0.15) is 18.1 Å². The number of hydrogen-bond acceptors (Lipinski definition) is 6. The standard InChI is InChI=1S/C16H31N3O5/c1-8(2)7-11(16(23)24-6)18-15(22)13(9(3)4)19-14(21)12(17)10(5)20/h8-13,20H,7,17H2,1-6H3,(H,18,22)(H,19,21). The number of aliphatic hydroxyl groups is 1. The van der Waals surface area contributed by atoms with Crippen LogP contribution in [-0.2, 0) is 19.1 Å². The molecule has 0 aliphatic rings. The molecule has 4 unspecified atom stereocenters. The molecule has 2 amide bonds. The number of nitrogens with one attached hydrogen (secondary N) is 2. The van der Waals surface area contributed by atoms with Gasteiger partial charge in [-0.15, -0.1) is 0 Å². The maximum absolute atomic E-state index is 12.5. The van der Waals surface area contributed by atoms with E-state index in [4.69, 9.17) is 10.5 Å². The van der Waals surface area contributed by atoms with E-state index in [2.05, 4.69) is 10.6 Å². The van der Waals surface area contributed by atoms with Crippen molar-refractivity contribution in [2.75, 3.05) is 7.11 Å². The zero-order chi connectivity index (χ0) is 19.0. The zero-order valence-corrected chi connectivity index (χ0v) is 15.3. The lowest BCUT2D eigenvalue weighted by Crippen LogP contribution is -2.58. The lowest BCUT2D eigenvalue weighted by molar-refractivity contribution is -0.146.